The van der Waals surface area contributed by atoms with Gasteiger partial charge in [-0.1, -0.05) is 38.8 Å². The Morgan fingerprint density at radius 1 is 1.35 bits per heavy atom. The standard InChI is InChI=1S/C14H23ClN2/c1-4-11(3)9-17(5-2)10-12-8-13(16)6-7-14(12)15/h6-8,11H,4-5,9-10,16H2,1-3H3. The van der Waals surface area contributed by atoms with Crippen molar-refractivity contribution in [3.8, 4) is 0 Å². The van der Waals surface area contributed by atoms with Crippen LogP contribution in [0.25, 0.3) is 0 Å². The van der Waals surface area contributed by atoms with Crippen LogP contribution in [0.2, 0.25) is 5.02 Å². The summed E-state index contributed by atoms with van der Waals surface area (Å²) >= 11 is 6.19. The molecule has 1 unspecified atom stereocenters. The van der Waals surface area contributed by atoms with Gasteiger partial charge in [0.15, 0.2) is 0 Å². The number of hydrogen-bond donors (Lipinski definition) is 1. The zero-order valence-corrected chi connectivity index (χ0v) is 11.8. The molecule has 17 heavy (non-hydrogen) atoms. The van der Waals surface area contributed by atoms with Gasteiger partial charge in [0.05, 0.1) is 0 Å². The van der Waals surface area contributed by atoms with Crippen molar-refractivity contribution in [2.24, 2.45) is 5.92 Å². The summed E-state index contributed by atoms with van der Waals surface area (Å²) in [5.41, 5.74) is 7.70. The van der Waals surface area contributed by atoms with E-state index in [1.54, 1.807) is 0 Å². The van der Waals surface area contributed by atoms with Gasteiger partial charge >= 0.3 is 0 Å². The second-order valence-electron chi connectivity index (χ2n) is 4.69. The maximum Gasteiger partial charge on any atom is 0.0452 e. The Morgan fingerprint density at radius 2 is 2.06 bits per heavy atom. The fourth-order valence-electron chi connectivity index (χ4n) is 1.83. The fraction of sp³-hybridized carbons (Fsp3) is 0.571. The van der Waals surface area contributed by atoms with E-state index in [0.29, 0.717) is 0 Å². The predicted octanol–water partition coefficient (Wildman–Crippen LogP) is 3.79. The maximum absolute atomic E-state index is 6.19. The van der Waals surface area contributed by atoms with Crippen LogP contribution in [0, 0.1) is 5.92 Å². The summed E-state index contributed by atoms with van der Waals surface area (Å²) in [6.45, 7) is 9.72. The second kappa shape index (κ2) is 6.87. The summed E-state index contributed by atoms with van der Waals surface area (Å²) in [6, 6.07) is 5.70. The molecule has 0 saturated heterocycles. The quantitative estimate of drug-likeness (QED) is 0.783. The highest BCUT2D eigenvalue weighted by molar-refractivity contribution is 6.31. The highest BCUT2D eigenvalue weighted by Gasteiger charge is 2.10. The Balaban J connectivity index is 2.69. The van der Waals surface area contributed by atoms with E-state index in [1.165, 1.54) is 6.42 Å². The third-order valence-electron chi connectivity index (χ3n) is 3.18. The molecule has 0 bridgehead atoms. The molecule has 0 aromatic heterocycles. The minimum absolute atomic E-state index is 0.717. The summed E-state index contributed by atoms with van der Waals surface area (Å²) in [4.78, 5) is 2.41. The predicted molar refractivity (Wildman–Crippen MR) is 76.3 cm³/mol. The molecule has 0 saturated carbocycles. The van der Waals surface area contributed by atoms with Crippen molar-refractivity contribution in [3.63, 3.8) is 0 Å². The van der Waals surface area contributed by atoms with Gasteiger partial charge in [-0.15, -0.1) is 0 Å². The Hall–Kier alpha value is -0.730. The molecule has 96 valence electrons. The monoisotopic (exact) mass is 254 g/mol. The SMILES string of the molecule is CCC(C)CN(CC)Cc1cc(N)ccc1Cl. The summed E-state index contributed by atoms with van der Waals surface area (Å²) in [5.74, 6) is 0.717. The topological polar surface area (TPSA) is 29.3 Å². The number of nitrogen functional groups attached to an aromatic ring is 1. The Kier molecular flexibility index (Phi) is 5.79. The van der Waals surface area contributed by atoms with E-state index in [2.05, 4.69) is 25.7 Å². The fourth-order valence-corrected chi connectivity index (χ4v) is 2.01. The lowest BCUT2D eigenvalue weighted by Gasteiger charge is -2.24. The molecule has 2 N–H and O–H groups in total. The van der Waals surface area contributed by atoms with Crippen LogP contribution in [-0.4, -0.2) is 18.0 Å². The highest BCUT2D eigenvalue weighted by atomic mass is 35.5. The van der Waals surface area contributed by atoms with Crippen molar-refractivity contribution < 1.29 is 0 Å². The van der Waals surface area contributed by atoms with E-state index < -0.39 is 0 Å². The molecule has 1 aromatic rings. The first kappa shape index (κ1) is 14.3. The molecule has 0 aliphatic carbocycles. The largest absolute Gasteiger partial charge is 0.399 e. The molecule has 1 aromatic carbocycles. The number of anilines is 1. The average Bonchev–Trinajstić information content (AvgIpc) is 2.32. The number of benzene rings is 1. The molecule has 0 aliphatic rings. The van der Waals surface area contributed by atoms with Crippen molar-refractivity contribution in [2.45, 2.75) is 33.7 Å². The molecule has 0 spiro atoms. The van der Waals surface area contributed by atoms with Crippen LogP contribution in [0.1, 0.15) is 32.8 Å². The lowest BCUT2D eigenvalue weighted by Crippen LogP contribution is -2.28. The second-order valence-corrected chi connectivity index (χ2v) is 5.10. The van der Waals surface area contributed by atoms with Gasteiger partial charge < -0.3 is 5.73 Å². The van der Waals surface area contributed by atoms with E-state index >= 15 is 0 Å². The average molecular weight is 255 g/mol. The summed E-state index contributed by atoms with van der Waals surface area (Å²) in [7, 11) is 0. The molecule has 1 rings (SSSR count). The van der Waals surface area contributed by atoms with E-state index in [9.17, 15) is 0 Å². The van der Waals surface area contributed by atoms with Crippen LogP contribution in [-0.2, 0) is 6.54 Å². The van der Waals surface area contributed by atoms with E-state index in [1.807, 2.05) is 18.2 Å². The van der Waals surface area contributed by atoms with Crippen LogP contribution in [0.4, 0.5) is 5.69 Å². The van der Waals surface area contributed by atoms with Gasteiger partial charge in [0.25, 0.3) is 0 Å². The Bertz CT molecular complexity index is 352. The van der Waals surface area contributed by atoms with Crippen molar-refractivity contribution in [3.05, 3.63) is 28.8 Å². The van der Waals surface area contributed by atoms with Crippen LogP contribution in [0.5, 0.6) is 0 Å². The zero-order valence-electron chi connectivity index (χ0n) is 11.0. The Morgan fingerprint density at radius 3 is 2.65 bits per heavy atom. The molecule has 0 radical (unpaired) electrons. The van der Waals surface area contributed by atoms with Gasteiger partial charge in [-0.05, 0) is 36.2 Å². The third-order valence-corrected chi connectivity index (χ3v) is 3.55. The smallest absolute Gasteiger partial charge is 0.0452 e. The molecule has 1 atom stereocenters. The molecular formula is C14H23ClN2. The Labute approximate surface area is 110 Å². The van der Waals surface area contributed by atoms with Gasteiger partial charge in [-0.25, -0.2) is 0 Å². The van der Waals surface area contributed by atoms with Gasteiger partial charge in [-0.3, -0.25) is 4.90 Å². The van der Waals surface area contributed by atoms with Crippen LogP contribution in [0.15, 0.2) is 18.2 Å². The number of halogens is 1. The first-order valence-electron chi connectivity index (χ1n) is 6.33. The molecular weight excluding hydrogens is 232 g/mol. The van der Waals surface area contributed by atoms with E-state index in [0.717, 1.165) is 41.8 Å². The molecule has 0 amide bonds. The number of hydrogen-bond acceptors (Lipinski definition) is 2. The minimum Gasteiger partial charge on any atom is -0.399 e. The maximum atomic E-state index is 6.19. The van der Waals surface area contributed by atoms with Crippen molar-refractivity contribution in [1.82, 2.24) is 4.90 Å². The molecule has 3 heteroatoms. The molecule has 0 aliphatic heterocycles. The highest BCUT2D eigenvalue weighted by Crippen LogP contribution is 2.21. The molecule has 0 heterocycles. The first-order chi connectivity index (χ1) is 8.06. The van der Waals surface area contributed by atoms with Gasteiger partial charge in [0.1, 0.15) is 0 Å². The number of nitrogens with zero attached hydrogens (tertiary/aromatic N) is 1. The van der Waals surface area contributed by atoms with Crippen LogP contribution >= 0.6 is 11.6 Å². The lowest BCUT2D eigenvalue weighted by molar-refractivity contribution is 0.238. The van der Waals surface area contributed by atoms with E-state index in [-0.39, 0.29) is 0 Å². The van der Waals surface area contributed by atoms with Gasteiger partial charge in [-0.2, -0.15) is 0 Å². The van der Waals surface area contributed by atoms with E-state index in [4.69, 9.17) is 17.3 Å². The van der Waals surface area contributed by atoms with Gasteiger partial charge in [0, 0.05) is 23.8 Å². The van der Waals surface area contributed by atoms with Crippen molar-refractivity contribution in [1.29, 1.82) is 0 Å². The van der Waals surface area contributed by atoms with Crippen LogP contribution in [0.3, 0.4) is 0 Å². The molecule has 2 nitrogen and oxygen atoms in total. The van der Waals surface area contributed by atoms with Crippen molar-refractivity contribution >= 4 is 17.3 Å². The first-order valence-corrected chi connectivity index (χ1v) is 6.70. The van der Waals surface area contributed by atoms with Gasteiger partial charge in [0.2, 0.25) is 0 Å². The summed E-state index contributed by atoms with van der Waals surface area (Å²) < 4.78 is 0. The third kappa shape index (κ3) is 4.57. The minimum atomic E-state index is 0.717. The van der Waals surface area contributed by atoms with Crippen molar-refractivity contribution in [2.75, 3.05) is 18.8 Å². The van der Waals surface area contributed by atoms with Crippen LogP contribution < -0.4 is 5.73 Å². The number of rotatable bonds is 6. The summed E-state index contributed by atoms with van der Waals surface area (Å²) in [5, 5.41) is 0.807. The number of nitrogens with two attached hydrogens (primary N) is 1. The normalized spacial score (nSPS) is 13.0. The summed E-state index contributed by atoms with van der Waals surface area (Å²) in [6.07, 6.45) is 1.21. The zero-order chi connectivity index (χ0) is 12.8. The molecule has 0 fully saturated rings. The lowest BCUT2D eigenvalue weighted by atomic mass is 10.1.